The van der Waals surface area contributed by atoms with Gasteiger partial charge in [-0.2, -0.15) is 0 Å². The summed E-state index contributed by atoms with van der Waals surface area (Å²) < 4.78 is 10.7. The van der Waals surface area contributed by atoms with Crippen LogP contribution in [0.5, 0.6) is 5.75 Å². The molecule has 1 heterocycles. The molecule has 1 fully saturated rings. The number of nitrogens with zero attached hydrogens (tertiary/aromatic N) is 1. The molecule has 0 aliphatic carbocycles. The lowest BCUT2D eigenvalue weighted by Crippen LogP contribution is -2.36. The SMILES string of the molecule is C=CC(=O)Nc1ccc(OCC2CO2)c(N(N)C(=O)C=C)c1. The van der Waals surface area contributed by atoms with Gasteiger partial charge in [0, 0.05) is 5.69 Å². The summed E-state index contributed by atoms with van der Waals surface area (Å²) in [4.78, 5) is 23.1. The highest BCUT2D eigenvalue weighted by Gasteiger charge is 2.24. The molecule has 3 N–H and O–H groups in total. The number of ether oxygens (including phenoxy) is 2. The van der Waals surface area contributed by atoms with Gasteiger partial charge in [0.25, 0.3) is 5.91 Å². The van der Waals surface area contributed by atoms with E-state index in [0.29, 0.717) is 30.3 Å². The molecule has 7 nitrogen and oxygen atoms in total. The van der Waals surface area contributed by atoms with Gasteiger partial charge in [-0.25, -0.2) is 10.9 Å². The van der Waals surface area contributed by atoms with E-state index >= 15 is 0 Å². The van der Waals surface area contributed by atoms with Gasteiger partial charge in [0.05, 0.1) is 6.61 Å². The minimum Gasteiger partial charge on any atom is -0.489 e. The normalized spacial score (nSPS) is 15.6. The van der Waals surface area contributed by atoms with Gasteiger partial charge in [-0.1, -0.05) is 13.2 Å². The molecule has 1 aromatic carbocycles. The van der Waals surface area contributed by atoms with E-state index in [-0.39, 0.29) is 12.0 Å². The zero-order valence-electron chi connectivity index (χ0n) is 12.0. The van der Waals surface area contributed by atoms with Crippen molar-refractivity contribution in [1.29, 1.82) is 0 Å². The number of hydrogen-bond acceptors (Lipinski definition) is 5. The van der Waals surface area contributed by atoms with Gasteiger partial charge in [0.2, 0.25) is 5.91 Å². The quantitative estimate of drug-likeness (QED) is 0.257. The minimum absolute atomic E-state index is 0.0642. The Labute approximate surface area is 128 Å². The third-order valence-corrected chi connectivity index (χ3v) is 2.91. The lowest BCUT2D eigenvalue weighted by atomic mass is 10.2. The van der Waals surface area contributed by atoms with Crippen molar-refractivity contribution in [2.75, 3.05) is 23.5 Å². The van der Waals surface area contributed by atoms with E-state index in [9.17, 15) is 9.59 Å². The predicted octanol–water partition coefficient (Wildman–Crippen LogP) is 0.981. The van der Waals surface area contributed by atoms with E-state index in [0.717, 1.165) is 17.2 Å². The van der Waals surface area contributed by atoms with Crippen LogP contribution in [0.3, 0.4) is 0 Å². The standard InChI is InChI=1S/C15H17N3O4/c1-3-14(19)17-10-5-6-13(22-9-11-8-21-11)12(7-10)18(16)15(20)4-2/h3-7,11H,1-2,8-9,16H2,(H,17,19). The maximum atomic E-state index is 11.7. The predicted molar refractivity (Wildman–Crippen MR) is 82.4 cm³/mol. The summed E-state index contributed by atoms with van der Waals surface area (Å²) in [6, 6.07) is 4.79. The van der Waals surface area contributed by atoms with Gasteiger partial charge in [0.1, 0.15) is 24.1 Å². The number of rotatable bonds is 7. The highest BCUT2D eigenvalue weighted by Crippen LogP contribution is 2.31. The van der Waals surface area contributed by atoms with Gasteiger partial charge in [-0.3, -0.25) is 9.59 Å². The van der Waals surface area contributed by atoms with E-state index in [4.69, 9.17) is 15.3 Å². The molecule has 1 aliphatic rings. The first-order valence-corrected chi connectivity index (χ1v) is 6.58. The Morgan fingerprint density at radius 3 is 2.77 bits per heavy atom. The van der Waals surface area contributed by atoms with E-state index in [1.165, 1.54) is 6.07 Å². The number of epoxide rings is 1. The van der Waals surface area contributed by atoms with Crippen LogP contribution in [-0.4, -0.2) is 31.1 Å². The molecule has 1 aromatic rings. The molecular weight excluding hydrogens is 286 g/mol. The van der Waals surface area contributed by atoms with E-state index in [1.807, 2.05) is 0 Å². The first kappa shape index (κ1) is 15.7. The number of hydrazine groups is 1. The molecule has 0 aromatic heterocycles. The summed E-state index contributed by atoms with van der Waals surface area (Å²) >= 11 is 0. The summed E-state index contributed by atoms with van der Waals surface area (Å²) in [7, 11) is 0. The zero-order valence-corrected chi connectivity index (χ0v) is 12.0. The largest absolute Gasteiger partial charge is 0.489 e. The molecule has 1 aliphatic heterocycles. The van der Waals surface area contributed by atoms with Crippen LogP contribution >= 0.6 is 0 Å². The van der Waals surface area contributed by atoms with Crippen LogP contribution in [0.25, 0.3) is 0 Å². The Morgan fingerprint density at radius 1 is 1.45 bits per heavy atom. The smallest absolute Gasteiger partial charge is 0.264 e. The monoisotopic (exact) mass is 303 g/mol. The maximum Gasteiger partial charge on any atom is 0.264 e. The average molecular weight is 303 g/mol. The molecule has 0 saturated carbocycles. The van der Waals surface area contributed by atoms with Crippen LogP contribution in [-0.2, 0) is 14.3 Å². The Hall–Kier alpha value is -2.64. The molecule has 2 amide bonds. The fourth-order valence-electron chi connectivity index (χ4n) is 1.66. The summed E-state index contributed by atoms with van der Waals surface area (Å²) in [6.45, 7) is 7.78. The van der Waals surface area contributed by atoms with Gasteiger partial charge in [-0.05, 0) is 30.4 Å². The zero-order chi connectivity index (χ0) is 16.1. The summed E-state index contributed by atoms with van der Waals surface area (Å²) in [5.41, 5.74) is 0.773. The Balaban J connectivity index is 2.26. The molecule has 7 heteroatoms. The molecular formula is C15H17N3O4. The maximum absolute atomic E-state index is 11.7. The van der Waals surface area contributed by atoms with Crippen molar-refractivity contribution in [2.45, 2.75) is 6.10 Å². The number of carbonyl (C=O) groups is 2. The Kier molecular flexibility index (Phi) is 4.92. The third-order valence-electron chi connectivity index (χ3n) is 2.91. The highest BCUT2D eigenvalue weighted by molar-refractivity contribution is 6.03. The van der Waals surface area contributed by atoms with E-state index in [1.54, 1.807) is 12.1 Å². The topological polar surface area (TPSA) is 97.2 Å². The van der Waals surface area contributed by atoms with Gasteiger partial charge >= 0.3 is 0 Å². The second-order valence-electron chi connectivity index (χ2n) is 4.55. The lowest BCUT2D eigenvalue weighted by Gasteiger charge is -2.19. The van der Waals surface area contributed by atoms with Gasteiger partial charge in [-0.15, -0.1) is 0 Å². The second kappa shape index (κ2) is 6.88. The van der Waals surface area contributed by atoms with Crippen molar-refractivity contribution in [2.24, 2.45) is 5.84 Å². The van der Waals surface area contributed by atoms with Crippen LogP contribution < -0.4 is 20.9 Å². The molecule has 1 saturated heterocycles. The molecule has 1 atom stereocenters. The molecule has 116 valence electrons. The third kappa shape index (κ3) is 3.94. The summed E-state index contributed by atoms with van der Waals surface area (Å²) in [6.07, 6.45) is 2.29. The lowest BCUT2D eigenvalue weighted by molar-refractivity contribution is -0.114. The van der Waals surface area contributed by atoms with Crippen molar-refractivity contribution in [3.05, 3.63) is 43.5 Å². The van der Waals surface area contributed by atoms with Crippen LogP contribution in [0.4, 0.5) is 11.4 Å². The van der Waals surface area contributed by atoms with Crippen LogP contribution in [0, 0.1) is 0 Å². The fourth-order valence-corrected chi connectivity index (χ4v) is 1.66. The van der Waals surface area contributed by atoms with Crippen molar-refractivity contribution < 1.29 is 19.1 Å². The number of hydrogen-bond donors (Lipinski definition) is 2. The van der Waals surface area contributed by atoms with Crippen LogP contribution in [0.15, 0.2) is 43.5 Å². The van der Waals surface area contributed by atoms with Gasteiger partial charge < -0.3 is 14.8 Å². The Morgan fingerprint density at radius 2 is 2.18 bits per heavy atom. The van der Waals surface area contributed by atoms with Gasteiger partial charge in [0.15, 0.2) is 0 Å². The number of amides is 2. The number of carbonyl (C=O) groups excluding carboxylic acids is 2. The Bertz CT molecular complexity index is 611. The fraction of sp³-hybridized carbons (Fsp3) is 0.200. The molecule has 0 bridgehead atoms. The van der Waals surface area contributed by atoms with E-state index < -0.39 is 5.91 Å². The van der Waals surface area contributed by atoms with E-state index in [2.05, 4.69) is 18.5 Å². The molecule has 0 spiro atoms. The summed E-state index contributed by atoms with van der Waals surface area (Å²) in [5.74, 6) is 5.31. The number of nitrogens with one attached hydrogen (secondary N) is 1. The summed E-state index contributed by atoms with van der Waals surface area (Å²) in [5, 5.41) is 3.49. The van der Waals surface area contributed by atoms with Crippen molar-refractivity contribution in [1.82, 2.24) is 0 Å². The first-order valence-electron chi connectivity index (χ1n) is 6.58. The first-order chi connectivity index (χ1) is 10.5. The van der Waals surface area contributed by atoms with Crippen molar-refractivity contribution in [3.8, 4) is 5.75 Å². The van der Waals surface area contributed by atoms with Crippen molar-refractivity contribution in [3.63, 3.8) is 0 Å². The molecule has 1 unspecified atom stereocenters. The molecule has 0 radical (unpaired) electrons. The van der Waals surface area contributed by atoms with Crippen LogP contribution in [0.1, 0.15) is 0 Å². The highest BCUT2D eigenvalue weighted by atomic mass is 16.6. The van der Waals surface area contributed by atoms with Crippen LogP contribution in [0.2, 0.25) is 0 Å². The number of anilines is 2. The molecule has 2 rings (SSSR count). The number of benzene rings is 1. The average Bonchev–Trinajstić information content (AvgIpc) is 3.36. The number of nitrogens with two attached hydrogens (primary N) is 1. The minimum atomic E-state index is -0.500. The second-order valence-corrected chi connectivity index (χ2v) is 4.55. The van der Waals surface area contributed by atoms with Crippen molar-refractivity contribution >= 4 is 23.2 Å². The molecule has 22 heavy (non-hydrogen) atoms.